The number of hydrogen-bond acceptors (Lipinski definition) is 8. The second-order valence-corrected chi connectivity index (χ2v) is 7.28. The summed E-state index contributed by atoms with van der Waals surface area (Å²) in [5.74, 6) is -0.133. The Morgan fingerprint density at radius 3 is 2.52 bits per heavy atom. The van der Waals surface area contributed by atoms with E-state index in [1.54, 1.807) is 12.3 Å². The molecule has 0 bridgehead atoms. The van der Waals surface area contributed by atoms with Gasteiger partial charge in [0.1, 0.15) is 0 Å². The number of pyridine rings is 1. The summed E-state index contributed by atoms with van der Waals surface area (Å²) in [6.07, 6.45) is -1.27. The lowest BCUT2D eigenvalue weighted by Gasteiger charge is -2.34. The maximum atomic E-state index is 12.9. The van der Waals surface area contributed by atoms with Crippen molar-refractivity contribution in [3.63, 3.8) is 0 Å². The third kappa shape index (κ3) is 5.80. The van der Waals surface area contributed by atoms with E-state index >= 15 is 0 Å². The van der Waals surface area contributed by atoms with Crippen LogP contribution < -0.4 is 25.8 Å². The van der Waals surface area contributed by atoms with E-state index in [0.29, 0.717) is 62.2 Å². The van der Waals surface area contributed by atoms with Gasteiger partial charge in [-0.3, -0.25) is 0 Å². The highest BCUT2D eigenvalue weighted by molar-refractivity contribution is 5.55. The molecule has 1 saturated heterocycles. The molecule has 3 rings (SSSR count). The first-order valence-corrected chi connectivity index (χ1v) is 10.2. The number of rotatable bonds is 8. The Morgan fingerprint density at radius 1 is 1.13 bits per heavy atom. The predicted molar refractivity (Wildman–Crippen MR) is 111 cm³/mol. The van der Waals surface area contributed by atoms with Crippen molar-refractivity contribution >= 4 is 17.5 Å². The van der Waals surface area contributed by atoms with Gasteiger partial charge in [-0.25, -0.2) is 9.97 Å². The standard InChI is InChI=1S/C20H27F3N6O2/c1-2-14-16(17(24)28-19(25)27-14)30-11-4-12-31-18-15(5-3-8-26-18)29-9-6-13(7-10-29)20(21,22)23/h3,5,8,13H,2,4,6-7,9-12H2,1H3,(H4,24,25,27,28). The van der Waals surface area contributed by atoms with Crippen molar-refractivity contribution in [2.24, 2.45) is 5.92 Å². The van der Waals surface area contributed by atoms with Crippen LogP contribution in [0.25, 0.3) is 0 Å². The van der Waals surface area contributed by atoms with Crippen LogP contribution in [0.2, 0.25) is 0 Å². The highest BCUT2D eigenvalue weighted by atomic mass is 19.4. The van der Waals surface area contributed by atoms with Gasteiger partial charge in [0.2, 0.25) is 11.8 Å². The smallest absolute Gasteiger partial charge is 0.391 e. The molecular formula is C20H27F3N6O2. The molecule has 1 aliphatic heterocycles. The van der Waals surface area contributed by atoms with Crippen molar-refractivity contribution in [3.8, 4) is 11.6 Å². The van der Waals surface area contributed by atoms with Crippen molar-refractivity contribution in [3.05, 3.63) is 24.0 Å². The molecule has 170 valence electrons. The summed E-state index contributed by atoms with van der Waals surface area (Å²) >= 11 is 0. The molecule has 0 amide bonds. The van der Waals surface area contributed by atoms with Crippen LogP contribution in [-0.2, 0) is 6.42 Å². The molecule has 4 N–H and O–H groups in total. The minimum atomic E-state index is -4.14. The van der Waals surface area contributed by atoms with Gasteiger partial charge in [-0.1, -0.05) is 6.92 Å². The topological polar surface area (TPSA) is 112 Å². The van der Waals surface area contributed by atoms with Gasteiger partial charge in [0.15, 0.2) is 11.6 Å². The molecule has 2 aromatic heterocycles. The fourth-order valence-corrected chi connectivity index (χ4v) is 3.52. The zero-order valence-electron chi connectivity index (χ0n) is 17.4. The fourth-order valence-electron chi connectivity index (χ4n) is 3.52. The molecule has 8 nitrogen and oxygen atoms in total. The number of piperidine rings is 1. The first-order chi connectivity index (χ1) is 14.8. The lowest BCUT2D eigenvalue weighted by atomic mass is 9.96. The Bertz CT molecular complexity index is 872. The van der Waals surface area contributed by atoms with Crippen molar-refractivity contribution in [2.45, 2.75) is 38.8 Å². The average molecular weight is 440 g/mol. The van der Waals surface area contributed by atoms with Gasteiger partial charge < -0.3 is 25.8 Å². The van der Waals surface area contributed by atoms with Crippen LogP contribution in [0.5, 0.6) is 11.6 Å². The molecule has 0 spiro atoms. The van der Waals surface area contributed by atoms with Crippen LogP contribution >= 0.6 is 0 Å². The number of aromatic nitrogens is 3. The molecule has 0 aromatic carbocycles. The van der Waals surface area contributed by atoms with Crippen LogP contribution in [0.4, 0.5) is 30.6 Å². The monoisotopic (exact) mass is 440 g/mol. The molecule has 0 unspecified atom stereocenters. The number of anilines is 3. The zero-order chi connectivity index (χ0) is 22.4. The predicted octanol–water partition coefficient (Wildman–Crippen LogP) is 3.23. The summed E-state index contributed by atoms with van der Waals surface area (Å²) in [5, 5.41) is 0. The lowest BCUT2D eigenvalue weighted by molar-refractivity contribution is -0.179. The first-order valence-electron chi connectivity index (χ1n) is 10.2. The van der Waals surface area contributed by atoms with Gasteiger partial charge >= 0.3 is 6.18 Å². The van der Waals surface area contributed by atoms with Crippen molar-refractivity contribution in [1.82, 2.24) is 15.0 Å². The van der Waals surface area contributed by atoms with E-state index in [4.69, 9.17) is 20.9 Å². The van der Waals surface area contributed by atoms with E-state index in [-0.39, 0.29) is 24.6 Å². The molecule has 3 heterocycles. The number of nitrogens with two attached hydrogens (primary N) is 2. The molecule has 2 aromatic rings. The molecule has 11 heteroatoms. The van der Waals surface area contributed by atoms with E-state index in [0.717, 1.165) is 0 Å². The zero-order valence-corrected chi connectivity index (χ0v) is 17.4. The highest BCUT2D eigenvalue weighted by Crippen LogP contribution is 2.37. The molecule has 1 aliphatic rings. The number of nitrogens with zero attached hydrogens (tertiary/aromatic N) is 4. The van der Waals surface area contributed by atoms with E-state index in [9.17, 15) is 13.2 Å². The molecule has 0 atom stereocenters. The average Bonchev–Trinajstić information content (AvgIpc) is 2.74. The second kappa shape index (κ2) is 9.88. The number of nitrogen functional groups attached to an aromatic ring is 2. The summed E-state index contributed by atoms with van der Waals surface area (Å²) in [6.45, 7) is 3.18. The molecule has 1 fully saturated rings. The Kier molecular flexibility index (Phi) is 7.24. The van der Waals surface area contributed by atoms with E-state index in [1.165, 1.54) is 0 Å². The summed E-state index contributed by atoms with van der Waals surface area (Å²) < 4.78 is 50.3. The van der Waals surface area contributed by atoms with Crippen LogP contribution in [0.15, 0.2) is 18.3 Å². The molecule has 0 saturated carbocycles. The SMILES string of the molecule is CCc1nc(N)nc(N)c1OCCCOc1ncccc1N1CCC(C(F)(F)F)CC1. The Hall–Kier alpha value is -2.98. The van der Waals surface area contributed by atoms with Crippen molar-refractivity contribution in [2.75, 3.05) is 42.7 Å². The largest absolute Gasteiger partial charge is 0.488 e. The molecule has 0 radical (unpaired) electrons. The number of alkyl halides is 3. The summed E-state index contributed by atoms with van der Waals surface area (Å²) in [5.41, 5.74) is 12.8. The summed E-state index contributed by atoms with van der Waals surface area (Å²) in [6, 6.07) is 3.56. The van der Waals surface area contributed by atoms with Gasteiger partial charge in [-0.2, -0.15) is 18.2 Å². The van der Waals surface area contributed by atoms with Gasteiger partial charge in [0.25, 0.3) is 0 Å². The van der Waals surface area contributed by atoms with Gasteiger partial charge in [-0.15, -0.1) is 0 Å². The Balaban J connectivity index is 1.51. The van der Waals surface area contributed by atoms with Crippen LogP contribution in [0, 0.1) is 5.92 Å². The Labute approximate surface area is 178 Å². The summed E-state index contributed by atoms with van der Waals surface area (Å²) in [4.78, 5) is 14.2. The van der Waals surface area contributed by atoms with Crippen molar-refractivity contribution in [1.29, 1.82) is 0 Å². The maximum absolute atomic E-state index is 12.9. The van der Waals surface area contributed by atoms with E-state index in [1.807, 2.05) is 17.9 Å². The minimum absolute atomic E-state index is 0.0660. The Morgan fingerprint density at radius 2 is 1.84 bits per heavy atom. The minimum Gasteiger partial charge on any atom is -0.488 e. The molecular weight excluding hydrogens is 413 g/mol. The quantitative estimate of drug-likeness (QED) is 0.602. The van der Waals surface area contributed by atoms with Crippen molar-refractivity contribution < 1.29 is 22.6 Å². The van der Waals surface area contributed by atoms with Crippen LogP contribution in [0.1, 0.15) is 31.9 Å². The number of halogens is 3. The normalized spacial score (nSPS) is 15.2. The van der Waals surface area contributed by atoms with Gasteiger partial charge in [0, 0.05) is 25.7 Å². The third-order valence-electron chi connectivity index (χ3n) is 5.14. The second-order valence-electron chi connectivity index (χ2n) is 7.28. The number of aryl methyl sites for hydroxylation is 1. The van der Waals surface area contributed by atoms with E-state index < -0.39 is 12.1 Å². The van der Waals surface area contributed by atoms with Gasteiger partial charge in [0.05, 0.1) is 30.5 Å². The fraction of sp³-hybridized carbons (Fsp3) is 0.550. The summed E-state index contributed by atoms with van der Waals surface area (Å²) in [7, 11) is 0. The van der Waals surface area contributed by atoms with Crippen LogP contribution in [0.3, 0.4) is 0 Å². The van der Waals surface area contributed by atoms with E-state index in [2.05, 4.69) is 15.0 Å². The third-order valence-corrected chi connectivity index (χ3v) is 5.14. The van der Waals surface area contributed by atoms with Gasteiger partial charge in [-0.05, 0) is 31.4 Å². The first kappa shape index (κ1) is 22.7. The molecule has 0 aliphatic carbocycles. The van der Waals surface area contributed by atoms with Crippen LogP contribution in [-0.4, -0.2) is 47.4 Å². The lowest BCUT2D eigenvalue weighted by Crippen LogP contribution is -2.39. The highest BCUT2D eigenvalue weighted by Gasteiger charge is 2.41. The molecule has 31 heavy (non-hydrogen) atoms. The number of hydrogen-bond donors (Lipinski definition) is 2. The maximum Gasteiger partial charge on any atom is 0.391 e. The number of ether oxygens (including phenoxy) is 2.